The topological polar surface area (TPSA) is 66.5 Å². The van der Waals surface area contributed by atoms with Gasteiger partial charge in [0, 0.05) is 6.07 Å². The van der Waals surface area contributed by atoms with Crippen molar-refractivity contribution in [2.45, 2.75) is 39.3 Å². The molecule has 2 aromatic rings. The van der Waals surface area contributed by atoms with Crippen LogP contribution in [-0.2, 0) is 14.8 Å². The van der Waals surface area contributed by atoms with Crippen LogP contribution in [0.2, 0.25) is 0 Å². The van der Waals surface area contributed by atoms with E-state index in [1.54, 1.807) is 0 Å². The Balaban J connectivity index is 2.33. The van der Waals surface area contributed by atoms with E-state index >= 15 is 0 Å². The van der Waals surface area contributed by atoms with Crippen molar-refractivity contribution in [3.63, 3.8) is 0 Å². The Kier molecular flexibility index (Phi) is 7.35. The quantitative estimate of drug-likeness (QED) is 0.696. The van der Waals surface area contributed by atoms with Gasteiger partial charge in [-0.25, -0.2) is 17.2 Å². The molecular formula is C21H26F2N2O3S. The van der Waals surface area contributed by atoms with Gasteiger partial charge in [-0.3, -0.25) is 9.10 Å². The highest BCUT2D eigenvalue weighted by Crippen LogP contribution is 2.25. The van der Waals surface area contributed by atoms with Crippen LogP contribution in [0, 0.1) is 17.6 Å². The SMILES string of the molecule is CC(C)C[C@@H](NC(=O)[C@@H](C)N(c1ccc(F)c(F)c1)S(C)(=O)=O)c1ccccc1. The summed E-state index contributed by atoms with van der Waals surface area (Å²) < 4.78 is 52.4. The van der Waals surface area contributed by atoms with E-state index in [4.69, 9.17) is 0 Å². The summed E-state index contributed by atoms with van der Waals surface area (Å²) in [4.78, 5) is 12.9. The number of nitrogens with zero attached hydrogens (tertiary/aromatic N) is 1. The molecule has 0 aromatic heterocycles. The molecule has 2 aromatic carbocycles. The second-order valence-electron chi connectivity index (χ2n) is 7.43. The molecule has 5 nitrogen and oxygen atoms in total. The largest absolute Gasteiger partial charge is 0.347 e. The Morgan fingerprint density at radius 2 is 1.66 bits per heavy atom. The summed E-state index contributed by atoms with van der Waals surface area (Å²) in [6.45, 7) is 5.46. The minimum absolute atomic E-state index is 0.117. The molecule has 8 heteroatoms. The van der Waals surface area contributed by atoms with E-state index in [1.807, 2.05) is 44.2 Å². The number of sulfonamides is 1. The lowest BCUT2D eigenvalue weighted by atomic mass is 9.96. The van der Waals surface area contributed by atoms with Crippen molar-refractivity contribution >= 4 is 21.6 Å². The summed E-state index contributed by atoms with van der Waals surface area (Å²) in [6.07, 6.45) is 1.58. The highest BCUT2D eigenvalue weighted by atomic mass is 32.2. The number of amides is 1. The molecule has 0 saturated carbocycles. The fourth-order valence-electron chi connectivity index (χ4n) is 3.16. The first-order valence-corrected chi connectivity index (χ1v) is 11.1. The van der Waals surface area contributed by atoms with E-state index in [9.17, 15) is 22.0 Å². The average molecular weight is 425 g/mol. The van der Waals surface area contributed by atoms with Gasteiger partial charge in [0.1, 0.15) is 6.04 Å². The van der Waals surface area contributed by atoms with Crippen LogP contribution in [0.1, 0.15) is 38.8 Å². The van der Waals surface area contributed by atoms with Gasteiger partial charge in [-0.05, 0) is 37.0 Å². The van der Waals surface area contributed by atoms with Gasteiger partial charge in [0.05, 0.1) is 18.0 Å². The Morgan fingerprint density at radius 1 is 1.03 bits per heavy atom. The minimum Gasteiger partial charge on any atom is -0.347 e. The Bertz CT molecular complexity index is 950. The van der Waals surface area contributed by atoms with Crippen molar-refractivity contribution in [2.24, 2.45) is 5.92 Å². The first kappa shape index (κ1) is 22.8. The number of halogens is 2. The molecule has 29 heavy (non-hydrogen) atoms. The monoisotopic (exact) mass is 424 g/mol. The number of carbonyl (C=O) groups is 1. The van der Waals surface area contributed by atoms with Crippen molar-refractivity contribution in [3.8, 4) is 0 Å². The molecule has 1 amide bonds. The third-order valence-electron chi connectivity index (χ3n) is 4.47. The summed E-state index contributed by atoms with van der Waals surface area (Å²) in [6, 6.07) is 10.6. The summed E-state index contributed by atoms with van der Waals surface area (Å²) in [5.41, 5.74) is 0.787. The van der Waals surface area contributed by atoms with E-state index in [1.165, 1.54) is 6.92 Å². The van der Waals surface area contributed by atoms with Gasteiger partial charge in [-0.1, -0.05) is 44.2 Å². The van der Waals surface area contributed by atoms with Crippen LogP contribution in [0.25, 0.3) is 0 Å². The number of benzene rings is 2. The van der Waals surface area contributed by atoms with Crippen molar-refractivity contribution in [1.29, 1.82) is 0 Å². The molecular weight excluding hydrogens is 398 g/mol. The predicted octanol–water partition coefficient (Wildman–Crippen LogP) is 4.02. The Labute approximate surface area is 170 Å². The lowest BCUT2D eigenvalue weighted by Crippen LogP contribution is -2.48. The van der Waals surface area contributed by atoms with Crippen LogP contribution < -0.4 is 9.62 Å². The molecule has 0 bridgehead atoms. The van der Waals surface area contributed by atoms with Gasteiger partial charge in [0.2, 0.25) is 15.9 Å². The number of nitrogens with one attached hydrogen (secondary N) is 1. The van der Waals surface area contributed by atoms with Gasteiger partial charge >= 0.3 is 0 Å². The lowest BCUT2D eigenvalue weighted by molar-refractivity contribution is -0.122. The third-order valence-corrected chi connectivity index (χ3v) is 5.71. The van der Waals surface area contributed by atoms with Crippen LogP contribution in [0.3, 0.4) is 0 Å². The van der Waals surface area contributed by atoms with Gasteiger partial charge in [-0.15, -0.1) is 0 Å². The van der Waals surface area contributed by atoms with Gasteiger partial charge in [-0.2, -0.15) is 0 Å². The number of carbonyl (C=O) groups excluding carboxylic acids is 1. The van der Waals surface area contributed by atoms with Crippen LogP contribution in [-0.4, -0.2) is 26.6 Å². The highest BCUT2D eigenvalue weighted by Gasteiger charge is 2.31. The maximum atomic E-state index is 13.7. The standard InChI is InChI=1S/C21H26F2N2O3S/c1-14(2)12-20(16-8-6-5-7-9-16)24-21(26)15(3)25(29(4,27)28)17-10-11-18(22)19(23)13-17/h5-11,13-15,20H,12H2,1-4H3,(H,24,26)/t15-,20-/m1/s1. The van der Waals surface area contributed by atoms with Crippen molar-refractivity contribution in [3.05, 3.63) is 65.7 Å². The third kappa shape index (κ3) is 6.00. The van der Waals surface area contributed by atoms with E-state index in [2.05, 4.69) is 5.32 Å². The van der Waals surface area contributed by atoms with E-state index in [0.29, 0.717) is 6.42 Å². The molecule has 0 aliphatic carbocycles. The summed E-state index contributed by atoms with van der Waals surface area (Å²) >= 11 is 0. The Hall–Kier alpha value is -2.48. The van der Waals surface area contributed by atoms with Gasteiger partial charge in [0.15, 0.2) is 11.6 Å². The summed E-state index contributed by atoms with van der Waals surface area (Å²) in [5.74, 6) is -2.53. The van der Waals surface area contributed by atoms with Crippen LogP contribution in [0.4, 0.5) is 14.5 Å². The molecule has 0 spiro atoms. The molecule has 0 radical (unpaired) electrons. The predicted molar refractivity (Wildman–Crippen MR) is 110 cm³/mol. The van der Waals surface area contributed by atoms with Crippen LogP contribution in [0.5, 0.6) is 0 Å². The summed E-state index contributed by atoms with van der Waals surface area (Å²) in [5, 5.41) is 2.90. The molecule has 0 unspecified atom stereocenters. The fraction of sp³-hybridized carbons (Fsp3) is 0.381. The van der Waals surface area contributed by atoms with Gasteiger partial charge in [0.25, 0.3) is 0 Å². The maximum Gasteiger partial charge on any atom is 0.244 e. The molecule has 0 aliphatic rings. The lowest BCUT2D eigenvalue weighted by Gasteiger charge is -2.30. The average Bonchev–Trinajstić information content (AvgIpc) is 2.63. The van der Waals surface area contributed by atoms with Crippen molar-refractivity contribution in [2.75, 3.05) is 10.6 Å². The first-order chi connectivity index (χ1) is 13.5. The number of hydrogen-bond acceptors (Lipinski definition) is 3. The minimum atomic E-state index is -3.93. The molecule has 0 fully saturated rings. The molecule has 2 atom stereocenters. The zero-order chi connectivity index (χ0) is 21.8. The summed E-state index contributed by atoms with van der Waals surface area (Å²) in [7, 11) is -3.93. The van der Waals surface area contributed by atoms with Crippen LogP contribution >= 0.6 is 0 Å². The fourth-order valence-corrected chi connectivity index (χ4v) is 4.33. The molecule has 0 saturated heterocycles. The number of anilines is 1. The molecule has 2 rings (SSSR count). The molecule has 0 aliphatic heterocycles. The number of hydrogen-bond donors (Lipinski definition) is 1. The molecule has 1 N–H and O–H groups in total. The highest BCUT2D eigenvalue weighted by molar-refractivity contribution is 7.92. The Morgan fingerprint density at radius 3 is 2.17 bits per heavy atom. The van der Waals surface area contributed by atoms with E-state index in [0.717, 1.165) is 34.3 Å². The van der Waals surface area contributed by atoms with Crippen LogP contribution in [0.15, 0.2) is 48.5 Å². The molecule has 158 valence electrons. The van der Waals surface area contributed by atoms with E-state index < -0.39 is 33.6 Å². The van der Waals surface area contributed by atoms with E-state index in [-0.39, 0.29) is 17.6 Å². The number of rotatable bonds is 8. The zero-order valence-electron chi connectivity index (χ0n) is 16.9. The maximum absolute atomic E-state index is 13.7. The van der Waals surface area contributed by atoms with Gasteiger partial charge < -0.3 is 5.32 Å². The molecule has 0 heterocycles. The second-order valence-corrected chi connectivity index (χ2v) is 9.29. The first-order valence-electron chi connectivity index (χ1n) is 9.30. The van der Waals surface area contributed by atoms with Crippen molar-refractivity contribution < 1.29 is 22.0 Å². The zero-order valence-corrected chi connectivity index (χ0v) is 17.7. The smallest absolute Gasteiger partial charge is 0.244 e. The second kappa shape index (κ2) is 9.35. The van der Waals surface area contributed by atoms with Crippen molar-refractivity contribution in [1.82, 2.24) is 5.32 Å². The normalized spacial score (nSPS) is 13.8.